The molecule has 0 aliphatic heterocycles. The fourth-order valence-electron chi connectivity index (χ4n) is 11.1. The Hall–Kier alpha value is -11.5. The van der Waals surface area contributed by atoms with E-state index in [4.69, 9.17) is 71.4 Å². The number of phenolic OH excluding ortho intramolecular Hbond substituents is 1. The van der Waals surface area contributed by atoms with Crippen molar-refractivity contribution in [2.24, 2.45) is 11.8 Å². The molecule has 2 rings (SSSR count). The van der Waals surface area contributed by atoms with E-state index in [1.54, 1.807) is 92.0 Å². The van der Waals surface area contributed by atoms with Crippen molar-refractivity contribution < 1.29 is 201 Å². The normalized spacial score (nSPS) is 11.0. The van der Waals surface area contributed by atoms with Gasteiger partial charge in [0.15, 0.2) is 17.3 Å². The number of rotatable bonds is 63. The summed E-state index contributed by atoms with van der Waals surface area (Å²) >= 11 is 0. The van der Waals surface area contributed by atoms with Crippen LogP contribution < -0.4 is 0 Å². The zero-order valence-corrected chi connectivity index (χ0v) is 88.7. The molecule has 143 heavy (non-hydrogen) atoms. The largest absolute Gasteiger partial charge is 0.507 e. The van der Waals surface area contributed by atoms with Crippen LogP contribution >= 0.6 is 0 Å². The Labute approximate surface area is 843 Å². The molecule has 3 unspecified atom stereocenters. The van der Waals surface area contributed by atoms with Gasteiger partial charge in [0.25, 0.3) is 0 Å². The number of phenols is 1. The Balaban J connectivity index is -0.000000383. The molecular formula is C101H166O42. The maximum Gasteiger partial charge on any atom is 0.351 e. The highest BCUT2D eigenvalue weighted by molar-refractivity contribution is 6.03. The lowest BCUT2D eigenvalue weighted by atomic mass is 9.95. The minimum absolute atomic E-state index is 0.00645. The number of ether oxygens (including phenoxy) is 21. The van der Waals surface area contributed by atoms with Crippen molar-refractivity contribution in [3.05, 3.63) is 65.2 Å². The fraction of sp³-hybridized carbons (Fsp3) is 0.703. The van der Waals surface area contributed by atoms with Gasteiger partial charge in [0, 0.05) is 55.3 Å². The highest BCUT2D eigenvalue weighted by Gasteiger charge is 2.49. The van der Waals surface area contributed by atoms with Gasteiger partial charge in [-0.05, 0) is 123 Å². The molecule has 2 aromatic rings. The zero-order valence-electron chi connectivity index (χ0n) is 88.7. The summed E-state index contributed by atoms with van der Waals surface area (Å²) < 4.78 is 102. The van der Waals surface area contributed by atoms with E-state index in [0.29, 0.717) is 88.5 Å². The molecule has 2 aromatic carbocycles. The molecular weight excluding hydrogens is 1890 g/mol. The quantitative estimate of drug-likeness (QED) is 0.0314. The third-order valence-corrected chi connectivity index (χ3v) is 18.4. The van der Waals surface area contributed by atoms with Crippen LogP contribution in [0, 0.1) is 11.8 Å². The Morgan fingerprint density at radius 3 is 0.972 bits per heavy atom. The number of aliphatic hydroxyl groups is 2. The lowest BCUT2D eigenvalue weighted by Crippen LogP contribution is -2.48. The van der Waals surface area contributed by atoms with Crippen LogP contribution in [-0.2, 0) is 171 Å². The fourth-order valence-corrected chi connectivity index (χ4v) is 11.1. The number of carbonyl (C=O) groups excluding carboxylic acids is 18. The van der Waals surface area contributed by atoms with Crippen LogP contribution in [0.5, 0.6) is 5.75 Å². The lowest BCUT2D eigenvalue weighted by Gasteiger charge is -2.28. The van der Waals surface area contributed by atoms with E-state index in [0.717, 1.165) is 97.0 Å². The summed E-state index contributed by atoms with van der Waals surface area (Å²) in [6, 6.07) is 13.0. The molecule has 0 aliphatic carbocycles. The molecule has 0 amide bonds. The number of benzene rings is 2. The molecule has 3 atom stereocenters. The molecule has 0 radical (unpaired) electrons. The number of esters is 18. The molecule has 0 saturated carbocycles. The van der Waals surface area contributed by atoms with Crippen molar-refractivity contribution in [2.45, 2.75) is 316 Å². The van der Waals surface area contributed by atoms with Gasteiger partial charge >= 0.3 is 107 Å². The summed E-state index contributed by atoms with van der Waals surface area (Å²) in [6.45, 7) is 39.9. The monoisotopic (exact) mass is 2050 g/mol. The van der Waals surface area contributed by atoms with E-state index in [-0.39, 0.29) is 102 Å². The summed E-state index contributed by atoms with van der Waals surface area (Å²) in [5, 5.41) is 29.8. The number of methoxy groups -OCH3 is 2. The summed E-state index contributed by atoms with van der Waals surface area (Å²) in [6.07, 6.45) is 10.6. The van der Waals surface area contributed by atoms with E-state index in [9.17, 15) is 96.5 Å². The van der Waals surface area contributed by atoms with Crippen LogP contribution in [-0.4, -0.2) is 292 Å². The smallest absolute Gasteiger partial charge is 0.351 e. The van der Waals surface area contributed by atoms with Crippen molar-refractivity contribution in [1.82, 2.24) is 0 Å². The van der Waals surface area contributed by atoms with E-state index in [2.05, 4.69) is 67.8 Å². The molecule has 42 nitrogen and oxygen atoms in total. The molecule has 0 fully saturated rings. The van der Waals surface area contributed by atoms with Crippen LogP contribution in [0.15, 0.2) is 48.5 Å². The molecule has 0 heterocycles. The Kier molecular flexibility index (Phi) is 91.2. The van der Waals surface area contributed by atoms with Crippen molar-refractivity contribution in [1.29, 1.82) is 0 Å². The van der Waals surface area contributed by atoms with E-state index < -0.39 is 157 Å². The molecule has 0 spiro atoms. The predicted octanol–water partition coefficient (Wildman–Crippen LogP) is 13.1. The topological polar surface area (TPSA) is 562 Å². The first-order chi connectivity index (χ1) is 67.8. The zero-order chi connectivity index (χ0) is 110. The van der Waals surface area contributed by atoms with E-state index in [1.807, 2.05) is 20.8 Å². The summed E-state index contributed by atoms with van der Waals surface area (Å²) in [4.78, 5) is 205. The second-order valence-corrected chi connectivity index (χ2v) is 31.2. The number of hydrogen-bond donors (Lipinski definition) is 3. The lowest BCUT2D eigenvalue weighted by molar-refractivity contribution is -0.190. The Morgan fingerprint density at radius 2 is 0.636 bits per heavy atom. The maximum atomic E-state index is 12.6. The molecule has 822 valence electrons. The highest BCUT2D eigenvalue weighted by Crippen LogP contribution is 2.28. The molecule has 0 aliphatic rings. The van der Waals surface area contributed by atoms with Gasteiger partial charge in [0.05, 0.1) is 156 Å². The van der Waals surface area contributed by atoms with Crippen molar-refractivity contribution >= 4 is 107 Å². The number of unbranched alkanes of at least 4 members (excludes halogenated alkanes) is 6. The third kappa shape index (κ3) is 79.6. The van der Waals surface area contributed by atoms with Gasteiger partial charge in [-0.25, -0.2) is 28.8 Å². The minimum atomic E-state index is -2.26. The van der Waals surface area contributed by atoms with Gasteiger partial charge in [-0.2, -0.15) is 0 Å². The van der Waals surface area contributed by atoms with E-state index >= 15 is 0 Å². The molecule has 0 saturated heterocycles. The van der Waals surface area contributed by atoms with Gasteiger partial charge in [0.1, 0.15) is 37.2 Å². The number of para-hydroxylation sites is 1. The van der Waals surface area contributed by atoms with Crippen LogP contribution in [0.1, 0.15) is 318 Å². The molecule has 42 heteroatoms. The van der Waals surface area contributed by atoms with Crippen molar-refractivity contribution in [3.63, 3.8) is 0 Å². The molecule has 3 N–H and O–H groups in total. The predicted molar refractivity (Wildman–Crippen MR) is 518 cm³/mol. The minimum Gasteiger partial charge on any atom is -0.507 e. The van der Waals surface area contributed by atoms with Gasteiger partial charge in [-0.15, -0.1) is 0 Å². The van der Waals surface area contributed by atoms with Crippen LogP contribution in [0.25, 0.3) is 0 Å². The van der Waals surface area contributed by atoms with Gasteiger partial charge < -0.3 is 115 Å². The van der Waals surface area contributed by atoms with Crippen LogP contribution in [0.4, 0.5) is 0 Å². The summed E-state index contributed by atoms with van der Waals surface area (Å²) in [5.74, 6) is -11.3. The van der Waals surface area contributed by atoms with Gasteiger partial charge in [0.2, 0.25) is 5.60 Å². The number of hydrogen-bond acceptors (Lipinski definition) is 42. The Morgan fingerprint density at radius 1 is 0.308 bits per heavy atom. The van der Waals surface area contributed by atoms with Crippen molar-refractivity contribution in [2.75, 3.05) is 140 Å². The molecule has 0 aromatic heterocycles. The first-order valence-electron chi connectivity index (χ1n) is 48.5. The van der Waals surface area contributed by atoms with Gasteiger partial charge in [-0.1, -0.05) is 144 Å². The number of carbonyl (C=O) groups is 18. The average molecular weight is 2050 g/mol. The first-order valence-corrected chi connectivity index (χ1v) is 48.5. The SMILES string of the molecule is CC(=O)OCC(COC(C)=O)OC(C)=O.CCCCC(CC)COC(=O)c1ccccc1C(=O)OCC(CC)CCCC.CCCCOC(=O)CC(O)(CC(=O)OCCCC)C(=O)OCCCC.CCCCOCCOCCOC(C)=O.CCOC(=O)CC(CC(=O)OCC)(OC(C)=O)C(=O)OCC.CCOC(=O)CC(O)(CC(=O)OCC)C(=O)OCC.COC(=O)c1ccccc1O.COCC(C)OC(C)=O. The Bertz CT molecular complexity index is 3740. The average Bonchev–Trinajstić information content (AvgIpc) is 0.812. The van der Waals surface area contributed by atoms with Gasteiger partial charge in [-0.3, -0.25) is 57.5 Å². The summed E-state index contributed by atoms with van der Waals surface area (Å²) in [5.41, 5.74) is -5.83. The highest BCUT2D eigenvalue weighted by atomic mass is 16.6. The second kappa shape index (κ2) is 91.7. The van der Waals surface area contributed by atoms with Crippen LogP contribution in [0.3, 0.4) is 0 Å². The first kappa shape index (κ1) is 142. The van der Waals surface area contributed by atoms with E-state index in [1.165, 1.54) is 53.9 Å². The second-order valence-electron chi connectivity index (χ2n) is 31.2. The number of aromatic hydroxyl groups is 1. The third-order valence-electron chi connectivity index (χ3n) is 18.4. The van der Waals surface area contributed by atoms with Crippen LogP contribution in [0.2, 0.25) is 0 Å². The summed E-state index contributed by atoms with van der Waals surface area (Å²) in [7, 11) is 2.84. The van der Waals surface area contributed by atoms with Crippen molar-refractivity contribution in [3.8, 4) is 5.75 Å². The molecule has 0 bridgehead atoms. The standard InChI is InChI=1S/C24H38O4.C18H32O7.C14H22O8.C12H20O7.C10H20O4.C9H14O6.C8H8O3.C6H12O3/c1-5-9-13-19(7-3)17-27-23(25)21-15-11-12-16-22(21)24(26)28-18-20(8-4)14-10-6-2;1-4-7-10-23-15(19)13-18(22,17(21)25-12-9-6-3)14-16(20)24-11-8-5-2;1-5-19-11(16)8-14(22-10(4)15,13(18)21-7-3)9-12(17)20-6-2;1-4-17-9(13)7-12(16,11(15)19-6-3)8-10(14)18-5-2;1-3-4-5-12-6-7-13-8-9-14-10(2)11;1-6(10)13-4-9(15-8(3)12)5-14-7(2)11;1-11-8(10)6-4-2-3-5-7(6)9;1-5(4-8-3)9-6(2)7/h11-12,15-16,19-20H,5-10,13-14,17-18H2,1-4H3;22H,4-14H2,1-3H3;5-9H2,1-4H3;16H,4-8H2,1-3H3;3-9H2,1-2H3;9H,4-5H2,1-3H3;2-5,9H,1H3;5H,4H2,1-3H3. The maximum absolute atomic E-state index is 12.6.